The van der Waals surface area contributed by atoms with E-state index < -0.39 is 0 Å². The molecule has 0 saturated carbocycles. The van der Waals surface area contributed by atoms with Crippen molar-refractivity contribution in [1.82, 2.24) is 4.68 Å². The Labute approximate surface area is 106 Å². The predicted octanol–water partition coefficient (Wildman–Crippen LogP) is 2.70. The molecule has 4 heteroatoms. The molecule has 0 spiro atoms. The third kappa shape index (κ3) is 3.05. The molecule has 1 atom stereocenters. The van der Waals surface area contributed by atoms with Crippen LogP contribution in [0.5, 0.6) is 5.75 Å². The van der Waals surface area contributed by atoms with E-state index in [9.17, 15) is 0 Å². The molecule has 1 unspecified atom stereocenters. The quantitative estimate of drug-likeness (QED) is 0.875. The zero-order chi connectivity index (χ0) is 12.8. The molecule has 2 rings (SSSR count). The van der Waals surface area contributed by atoms with Crippen molar-refractivity contribution in [1.29, 1.82) is 5.26 Å². The number of nitrogens with one attached hydrogen (secondary N) is 1. The van der Waals surface area contributed by atoms with Crippen molar-refractivity contribution in [2.75, 3.05) is 12.0 Å². The van der Waals surface area contributed by atoms with Crippen LogP contribution in [0.15, 0.2) is 48.8 Å². The van der Waals surface area contributed by atoms with Crippen LogP contribution in [0.2, 0.25) is 0 Å². The maximum absolute atomic E-state index is 8.43. The van der Waals surface area contributed by atoms with Gasteiger partial charge < -0.3 is 10.2 Å². The SMILES string of the molecule is CC(Nn1cccc1)c1ccc(OCC#N)cc1. The maximum Gasteiger partial charge on any atom is 0.174 e. The predicted molar refractivity (Wildman–Crippen MR) is 69.8 cm³/mol. The average molecular weight is 241 g/mol. The van der Waals surface area contributed by atoms with E-state index in [1.807, 2.05) is 59.5 Å². The summed E-state index contributed by atoms with van der Waals surface area (Å²) >= 11 is 0. The summed E-state index contributed by atoms with van der Waals surface area (Å²) in [5.41, 5.74) is 4.48. The largest absolute Gasteiger partial charge is 0.479 e. The van der Waals surface area contributed by atoms with Gasteiger partial charge >= 0.3 is 0 Å². The summed E-state index contributed by atoms with van der Waals surface area (Å²) < 4.78 is 7.13. The van der Waals surface area contributed by atoms with Crippen molar-refractivity contribution < 1.29 is 4.74 Å². The second kappa shape index (κ2) is 5.78. The van der Waals surface area contributed by atoms with E-state index in [1.165, 1.54) is 0 Å². The van der Waals surface area contributed by atoms with Gasteiger partial charge in [-0.2, -0.15) is 5.26 Å². The third-order valence-electron chi connectivity index (χ3n) is 2.63. The van der Waals surface area contributed by atoms with Crippen molar-refractivity contribution in [2.24, 2.45) is 0 Å². The monoisotopic (exact) mass is 241 g/mol. The Morgan fingerprint density at radius 2 is 1.94 bits per heavy atom. The first-order chi connectivity index (χ1) is 8.79. The molecule has 0 aliphatic carbocycles. The zero-order valence-corrected chi connectivity index (χ0v) is 10.2. The van der Waals surface area contributed by atoms with Gasteiger partial charge in [-0.3, -0.25) is 4.68 Å². The molecule has 0 amide bonds. The lowest BCUT2D eigenvalue weighted by Gasteiger charge is -2.16. The first kappa shape index (κ1) is 12.1. The minimum absolute atomic E-state index is 0.0799. The highest BCUT2D eigenvalue weighted by Crippen LogP contribution is 2.18. The minimum atomic E-state index is 0.0799. The molecule has 1 N–H and O–H groups in total. The van der Waals surface area contributed by atoms with Crippen molar-refractivity contribution in [3.8, 4) is 11.8 Å². The van der Waals surface area contributed by atoms with E-state index in [1.54, 1.807) is 0 Å². The van der Waals surface area contributed by atoms with Gasteiger partial charge in [-0.15, -0.1) is 0 Å². The molecule has 2 aromatic rings. The number of nitrogens with zero attached hydrogens (tertiary/aromatic N) is 2. The number of ether oxygens (including phenoxy) is 1. The second-order valence-electron chi connectivity index (χ2n) is 3.96. The van der Waals surface area contributed by atoms with Gasteiger partial charge in [0.1, 0.15) is 11.8 Å². The maximum atomic E-state index is 8.43. The molecule has 0 saturated heterocycles. The van der Waals surface area contributed by atoms with E-state index in [2.05, 4.69) is 12.3 Å². The van der Waals surface area contributed by atoms with E-state index in [4.69, 9.17) is 10.00 Å². The number of benzene rings is 1. The molecule has 0 bridgehead atoms. The van der Waals surface area contributed by atoms with Crippen LogP contribution in [0, 0.1) is 11.3 Å². The highest BCUT2D eigenvalue weighted by molar-refractivity contribution is 5.30. The van der Waals surface area contributed by atoms with Crippen molar-refractivity contribution in [2.45, 2.75) is 13.0 Å². The van der Waals surface area contributed by atoms with Crippen molar-refractivity contribution >= 4 is 0 Å². The van der Waals surface area contributed by atoms with Gasteiger partial charge in [-0.05, 0) is 36.8 Å². The van der Waals surface area contributed by atoms with Crippen LogP contribution in [0.3, 0.4) is 0 Å². The summed E-state index contributed by atoms with van der Waals surface area (Å²) in [7, 11) is 0. The molecular weight excluding hydrogens is 226 g/mol. The lowest BCUT2D eigenvalue weighted by atomic mass is 10.1. The molecule has 0 radical (unpaired) electrons. The minimum Gasteiger partial charge on any atom is -0.479 e. The van der Waals surface area contributed by atoms with Gasteiger partial charge in [0, 0.05) is 12.4 Å². The zero-order valence-electron chi connectivity index (χ0n) is 10.2. The summed E-state index contributed by atoms with van der Waals surface area (Å²) in [6.07, 6.45) is 3.92. The van der Waals surface area contributed by atoms with Crippen molar-refractivity contribution in [3.63, 3.8) is 0 Å². The number of aromatic nitrogens is 1. The van der Waals surface area contributed by atoms with E-state index in [-0.39, 0.29) is 12.6 Å². The Balaban J connectivity index is 1.98. The third-order valence-corrected chi connectivity index (χ3v) is 2.63. The van der Waals surface area contributed by atoms with Gasteiger partial charge in [-0.25, -0.2) is 0 Å². The normalized spacial score (nSPS) is 11.6. The summed E-state index contributed by atoms with van der Waals surface area (Å²) in [5, 5.41) is 8.43. The average Bonchev–Trinajstić information content (AvgIpc) is 2.89. The Hall–Kier alpha value is -2.41. The lowest BCUT2D eigenvalue weighted by molar-refractivity contribution is 0.368. The van der Waals surface area contributed by atoms with Gasteiger partial charge in [0.05, 0.1) is 6.04 Å². The number of rotatable bonds is 5. The Morgan fingerprint density at radius 3 is 2.56 bits per heavy atom. The van der Waals surface area contributed by atoms with Crippen LogP contribution in [0.25, 0.3) is 0 Å². The molecular formula is C14H15N3O. The highest BCUT2D eigenvalue weighted by Gasteiger charge is 2.04. The van der Waals surface area contributed by atoms with Crippen LogP contribution in [0.4, 0.5) is 0 Å². The van der Waals surface area contributed by atoms with Crippen LogP contribution in [-0.2, 0) is 0 Å². The standard InChI is InChI=1S/C14H15N3O/c1-12(16-17-9-2-3-10-17)13-4-6-14(7-5-13)18-11-8-15/h2-7,9-10,12,16H,11H2,1H3. The number of nitriles is 1. The number of hydrogen-bond donors (Lipinski definition) is 1. The Kier molecular flexibility index (Phi) is 3.87. The van der Waals surface area contributed by atoms with Crippen LogP contribution >= 0.6 is 0 Å². The lowest BCUT2D eigenvalue weighted by Crippen LogP contribution is -2.16. The van der Waals surface area contributed by atoms with Crippen molar-refractivity contribution in [3.05, 3.63) is 54.4 Å². The fourth-order valence-corrected chi connectivity index (χ4v) is 1.69. The van der Waals surface area contributed by atoms with Gasteiger partial charge in [0.15, 0.2) is 6.61 Å². The first-order valence-corrected chi connectivity index (χ1v) is 5.79. The Morgan fingerprint density at radius 1 is 1.28 bits per heavy atom. The summed E-state index contributed by atoms with van der Waals surface area (Å²) in [6, 6.07) is 13.8. The molecule has 18 heavy (non-hydrogen) atoms. The molecule has 0 aliphatic rings. The molecule has 4 nitrogen and oxygen atoms in total. The van der Waals surface area contributed by atoms with E-state index in [0.29, 0.717) is 5.75 Å². The van der Waals surface area contributed by atoms with E-state index >= 15 is 0 Å². The van der Waals surface area contributed by atoms with Gasteiger partial charge in [0.2, 0.25) is 0 Å². The van der Waals surface area contributed by atoms with Crippen LogP contribution in [0.1, 0.15) is 18.5 Å². The fourth-order valence-electron chi connectivity index (χ4n) is 1.69. The van der Waals surface area contributed by atoms with Crippen LogP contribution in [-0.4, -0.2) is 11.3 Å². The molecule has 0 aliphatic heterocycles. The molecule has 1 aromatic heterocycles. The number of hydrogen-bond acceptors (Lipinski definition) is 3. The topological polar surface area (TPSA) is 50.0 Å². The summed E-state index contributed by atoms with van der Waals surface area (Å²) in [4.78, 5) is 0. The summed E-state index contributed by atoms with van der Waals surface area (Å²) in [6.45, 7) is 2.17. The molecule has 92 valence electrons. The fraction of sp³-hybridized carbons (Fsp3) is 0.214. The van der Waals surface area contributed by atoms with Crippen LogP contribution < -0.4 is 10.2 Å². The molecule has 1 aromatic carbocycles. The van der Waals surface area contributed by atoms with Gasteiger partial charge in [-0.1, -0.05) is 12.1 Å². The van der Waals surface area contributed by atoms with Gasteiger partial charge in [0.25, 0.3) is 0 Å². The molecule has 0 fully saturated rings. The summed E-state index contributed by atoms with van der Waals surface area (Å²) in [5.74, 6) is 0.716. The second-order valence-corrected chi connectivity index (χ2v) is 3.96. The smallest absolute Gasteiger partial charge is 0.174 e. The highest BCUT2D eigenvalue weighted by atomic mass is 16.5. The molecule has 1 heterocycles. The first-order valence-electron chi connectivity index (χ1n) is 5.79. The van der Waals surface area contributed by atoms with E-state index in [0.717, 1.165) is 5.56 Å². The Bertz CT molecular complexity index is 511.